The van der Waals surface area contributed by atoms with Crippen molar-refractivity contribution in [3.63, 3.8) is 0 Å². The van der Waals surface area contributed by atoms with Crippen molar-refractivity contribution in [1.82, 2.24) is 15.6 Å². The van der Waals surface area contributed by atoms with Crippen LogP contribution in [0.15, 0.2) is 66.9 Å². The molecule has 10 heteroatoms. The van der Waals surface area contributed by atoms with Gasteiger partial charge in [0.2, 0.25) is 0 Å². The molecule has 2 N–H and O–H groups in total. The van der Waals surface area contributed by atoms with E-state index in [4.69, 9.17) is 16.3 Å². The molecule has 0 saturated carbocycles. The van der Waals surface area contributed by atoms with Crippen LogP contribution in [0.25, 0.3) is 0 Å². The zero-order valence-corrected chi connectivity index (χ0v) is 19.2. The smallest absolute Gasteiger partial charge is 0.379 e. The zero-order valence-electron chi connectivity index (χ0n) is 18.4. The summed E-state index contributed by atoms with van der Waals surface area (Å²) in [5.74, 6) is -1.09. The van der Waals surface area contributed by atoms with E-state index in [1.54, 1.807) is 30.3 Å². The molecule has 5 nitrogen and oxygen atoms in total. The minimum Gasteiger partial charge on any atom is -0.379 e. The molecule has 184 valence electrons. The second-order valence-electron chi connectivity index (χ2n) is 8.31. The molecule has 2 unspecified atom stereocenters. The number of urea groups is 1. The highest BCUT2D eigenvalue weighted by molar-refractivity contribution is 6.30. The minimum atomic E-state index is -4.80. The van der Waals surface area contributed by atoms with Crippen LogP contribution in [0.5, 0.6) is 0 Å². The number of halogens is 5. The van der Waals surface area contributed by atoms with Crippen molar-refractivity contribution >= 4 is 17.6 Å². The molecule has 2 atom stereocenters. The number of amides is 2. The Balaban J connectivity index is 1.89. The van der Waals surface area contributed by atoms with Crippen LogP contribution in [-0.4, -0.2) is 30.3 Å². The SMILES string of the molecule is O=C(NC1CCOC1)NC(Cc1ccccc1)(c1cc(F)cc(C(F)(F)F)c1)c1ccc(Cl)cn1. The van der Waals surface area contributed by atoms with E-state index in [9.17, 15) is 22.4 Å². The number of hydrogen-bond donors (Lipinski definition) is 2. The van der Waals surface area contributed by atoms with Gasteiger partial charge in [-0.3, -0.25) is 4.98 Å². The predicted molar refractivity (Wildman–Crippen MR) is 122 cm³/mol. The lowest BCUT2D eigenvalue weighted by Gasteiger charge is -2.36. The molecule has 1 aliphatic heterocycles. The number of alkyl halides is 3. The third-order valence-electron chi connectivity index (χ3n) is 5.79. The molecule has 1 aromatic heterocycles. The van der Waals surface area contributed by atoms with E-state index in [0.29, 0.717) is 36.3 Å². The van der Waals surface area contributed by atoms with Crippen LogP contribution in [0.4, 0.5) is 22.4 Å². The first-order valence-corrected chi connectivity index (χ1v) is 11.2. The lowest BCUT2D eigenvalue weighted by Crippen LogP contribution is -2.54. The maximum absolute atomic E-state index is 14.6. The van der Waals surface area contributed by atoms with Crippen molar-refractivity contribution < 1.29 is 27.1 Å². The first-order chi connectivity index (χ1) is 16.7. The number of nitrogens with zero attached hydrogens (tertiary/aromatic N) is 1. The molecule has 0 bridgehead atoms. The first kappa shape index (κ1) is 24.9. The van der Waals surface area contributed by atoms with Gasteiger partial charge < -0.3 is 15.4 Å². The van der Waals surface area contributed by atoms with E-state index < -0.39 is 29.1 Å². The average molecular weight is 508 g/mol. The Morgan fingerprint density at radius 3 is 2.46 bits per heavy atom. The van der Waals surface area contributed by atoms with Gasteiger partial charge in [-0.25, -0.2) is 9.18 Å². The first-order valence-electron chi connectivity index (χ1n) is 10.9. The lowest BCUT2D eigenvalue weighted by atomic mass is 9.79. The topological polar surface area (TPSA) is 63.2 Å². The molecule has 0 spiro atoms. The number of benzene rings is 2. The van der Waals surface area contributed by atoms with Crippen LogP contribution in [0.2, 0.25) is 5.02 Å². The Labute approximate surface area is 204 Å². The molecular weight excluding hydrogens is 486 g/mol. The van der Waals surface area contributed by atoms with Crippen LogP contribution in [0.1, 0.15) is 28.8 Å². The van der Waals surface area contributed by atoms with Gasteiger partial charge in [-0.15, -0.1) is 0 Å². The van der Waals surface area contributed by atoms with Crippen LogP contribution < -0.4 is 10.6 Å². The maximum atomic E-state index is 14.6. The summed E-state index contributed by atoms with van der Waals surface area (Å²) in [6.45, 7) is 0.800. The van der Waals surface area contributed by atoms with Crippen LogP contribution >= 0.6 is 11.6 Å². The molecule has 3 aromatic rings. The molecule has 4 rings (SSSR count). The zero-order chi connectivity index (χ0) is 25.1. The third-order valence-corrected chi connectivity index (χ3v) is 6.01. The highest BCUT2D eigenvalue weighted by atomic mass is 35.5. The van der Waals surface area contributed by atoms with Gasteiger partial charge in [0.15, 0.2) is 0 Å². The molecule has 2 amide bonds. The number of aromatic nitrogens is 1. The Morgan fingerprint density at radius 2 is 1.83 bits per heavy atom. The van der Waals surface area contributed by atoms with Gasteiger partial charge in [0.1, 0.15) is 11.4 Å². The molecular formula is C25H22ClF4N3O2. The average Bonchev–Trinajstić information content (AvgIpc) is 3.31. The van der Waals surface area contributed by atoms with Gasteiger partial charge in [0.05, 0.1) is 28.9 Å². The number of carbonyl (C=O) groups is 1. The van der Waals surface area contributed by atoms with Gasteiger partial charge in [-0.1, -0.05) is 41.9 Å². The Bertz CT molecular complexity index is 1170. The molecule has 0 radical (unpaired) electrons. The molecule has 2 aromatic carbocycles. The van der Waals surface area contributed by atoms with Crippen molar-refractivity contribution in [3.8, 4) is 0 Å². The van der Waals surface area contributed by atoms with E-state index in [2.05, 4.69) is 15.6 Å². The number of nitrogens with one attached hydrogen (secondary N) is 2. The standard InChI is InChI=1S/C25H22ClF4N3O2/c26-19-6-7-22(31-14-19)24(13-16-4-2-1-3-5-16,33-23(34)32-21-8-9-35-15-21)17-10-18(25(28,29)30)12-20(27)11-17/h1-7,10-12,14,21H,8-9,13,15H2,(H2,32,33,34). The highest BCUT2D eigenvalue weighted by Gasteiger charge is 2.41. The van der Waals surface area contributed by atoms with Gasteiger partial charge >= 0.3 is 12.2 Å². The summed E-state index contributed by atoms with van der Waals surface area (Å²) < 4.78 is 60.8. The number of pyridine rings is 1. The maximum Gasteiger partial charge on any atom is 0.416 e. The summed E-state index contributed by atoms with van der Waals surface area (Å²) in [4.78, 5) is 17.5. The Morgan fingerprint density at radius 1 is 1.09 bits per heavy atom. The van der Waals surface area contributed by atoms with Crippen LogP contribution in [0, 0.1) is 5.82 Å². The Kier molecular flexibility index (Phi) is 7.28. The van der Waals surface area contributed by atoms with Crippen molar-refractivity contribution in [2.24, 2.45) is 0 Å². The second kappa shape index (κ2) is 10.2. The molecule has 0 aliphatic carbocycles. The molecule has 1 aliphatic rings. The summed E-state index contributed by atoms with van der Waals surface area (Å²) >= 11 is 6.01. The van der Waals surface area contributed by atoms with Gasteiger partial charge in [0.25, 0.3) is 0 Å². The van der Waals surface area contributed by atoms with Crippen molar-refractivity contribution in [1.29, 1.82) is 0 Å². The Hall–Kier alpha value is -3.17. The summed E-state index contributed by atoms with van der Waals surface area (Å²) in [6.07, 6.45) is -2.88. The van der Waals surface area contributed by atoms with Crippen LogP contribution in [0.3, 0.4) is 0 Å². The van der Waals surface area contributed by atoms with Gasteiger partial charge in [-0.05, 0) is 47.9 Å². The highest BCUT2D eigenvalue weighted by Crippen LogP contribution is 2.37. The predicted octanol–water partition coefficient (Wildman–Crippen LogP) is 5.47. The fraction of sp³-hybridized carbons (Fsp3) is 0.280. The minimum absolute atomic E-state index is 0.00217. The van der Waals surface area contributed by atoms with Crippen LogP contribution in [-0.2, 0) is 22.9 Å². The fourth-order valence-corrected chi connectivity index (χ4v) is 4.23. The third kappa shape index (κ3) is 5.91. The summed E-state index contributed by atoms with van der Waals surface area (Å²) in [5, 5.41) is 5.90. The van der Waals surface area contributed by atoms with E-state index in [1.165, 1.54) is 18.3 Å². The monoisotopic (exact) mass is 507 g/mol. The molecule has 35 heavy (non-hydrogen) atoms. The number of ether oxygens (including phenoxy) is 1. The number of carbonyl (C=O) groups excluding carboxylic acids is 1. The summed E-state index contributed by atoms with van der Waals surface area (Å²) in [6, 6.07) is 13.2. The van der Waals surface area contributed by atoms with E-state index in [0.717, 1.165) is 12.1 Å². The molecule has 1 saturated heterocycles. The summed E-state index contributed by atoms with van der Waals surface area (Å²) in [5.41, 5.74) is -2.06. The fourth-order valence-electron chi connectivity index (χ4n) is 4.11. The van der Waals surface area contributed by atoms with E-state index in [1.807, 2.05) is 0 Å². The second-order valence-corrected chi connectivity index (χ2v) is 8.75. The number of rotatable bonds is 6. The normalized spacial score (nSPS) is 17.6. The largest absolute Gasteiger partial charge is 0.416 e. The quantitative estimate of drug-likeness (QED) is 0.435. The van der Waals surface area contributed by atoms with Crippen molar-refractivity contribution in [2.75, 3.05) is 13.2 Å². The molecule has 1 fully saturated rings. The van der Waals surface area contributed by atoms with E-state index in [-0.39, 0.29) is 23.7 Å². The molecule has 2 heterocycles. The van der Waals surface area contributed by atoms with Gasteiger partial charge in [0, 0.05) is 19.2 Å². The van der Waals surface area contributed by atoms with E-state index >= 15 is 0 Å². The number of hydrogen-bond acceptors (Lipinski definition) is 3. The van der Waals surface area contributed by atoms with Crippen molar-refractivity contribution in [3.05, 3.63) is 100 Å². The van der Waals surface area contributed by atoms with Gasteiger partial charge in [-0.2, -0.15) is 13.2 Å². The van der Waals surface area contributed by atoms with Crippen molar-refractivity contribution in [2.45, 2.75) is 30.6 Å². The summed E-state index contributed by atoms with van der Waals surface area (Å²) in [7, 11) is 0. The lowest BCUT2D eigenvalue weighted by molar-refractivity contribution is -0.137.